The second kappa shape index (κ2) is 8.05. The molecule has 0 amide bonds. The van der Waals surface area contributed by atoms with Crippen molar-refractivity contribution in [2.75, 3.05) is 17.3 Å². The summed E-state index contributed by atoms with van der Waals surface area (Å²) in [7, 11) is 0. The van der Waals surface area contributed by atoms with Crippen molar-refractivity contribution in [3.05, 3.63) is 30.1 Å². The van der Waals surface area contributed by atoms with Crippen LogP contribution in [0.3, 0.4) is 0 Å². The molecule has 0 fully saturated rings. The third kappa shape index (κ3) is 5.47. The molecule has 0 saturated carbocycles. The summed E-state index contributed by atoms with van der Waals surface area (Å²) >= 11 is 3.59. The number of rotatable bonds is 7. The molecule has 3 heteroatoms. The molecule has 0 N–H and O–H groups in total. The van der Waals surface area contributed by atoms with Crippen molar-refractivity contribution in [2.45, 2.75) is 24.7 Å². The summed E-state index contributed by atoms with van der Waals surface area (Å²) in [5.74, 6) is 3.35. The minimum Gasteiger partial charge on any atom is -0.206 e. The van der Waals surface area contributed by atoms with Gasteiger partial charge < -0.3 is 0 Å². The van der Waals surface area contributed by atoms with E-state index < -0.39 is 0 Å². The van der Waals surface area contributed by atoms with Crippen molar-refractivity contribution in [3.8, 4) is 0 Å². The van der Waals surface area contributed by atoms with Crippen LogP contribution in [-0.4, -0.2) is 17.3 Å². The highest BCUT2D eigenvalue weighted by Gasteiger charge is 2.00. The lowest BCUT2D eigenvalue weighted by Crippen LogP contribution is -1.86. The Morgan fingerprint density at radius 2 is 1.87 bits per heavy atom. The first-order valence-corrected chi connectivity index (χ1v) is 7.43. The molecule has 0 bridgehead atoms. The van der Waals surface area contributed by atoms with Crippen LogP contribution in [0.5, 0.6) is 0 Å². The van der Waals surface area contributed by atoms with Gasteiger partial charge in [-0.15, -0.1) is 11.8 Å². The maximum absolute atomic E-state index is 13.2. The van der Waals surface area contributed by atoms with Crippen molar-refractivity contribution >= 4 is 23.5 Å². The Morgan fingerprint density at radius 3 is 2.60 bits per heavy atom. The van der Waals surface area contributed by atoms with Gasteiger partial charge in [0.2, 0.25) is 0 Å². The average Bonchev–Trinajstić information content (AvgIpc) is 2.25. The Labute approximate surface area is 100 Å². The lowest BCUT2D eigenvalue weighted by atomic mass is 10.3. The summed E-state index contributed by atoms with van der Waals surface area (Å²) < 4.78 is 13.2. The highest BCUT2D eigenvalue weighted by atomic mass is 32.2. The van der Waals surface area contributed by atoms with Crippen LogP contribution in [0.1, 0.15) is 19.8 Å². The number of thioether (sulfide) groups is 2. The zero-order chi connectivity index (χ0) is 10.9. The van der Waals surface area contributed by atoms with E-state index in [0.717, 1.165) is 10.6 Å². The zero-order valence-corrected chi connectivity index (χ0v) is 10.7. The first-order chi connectivity index (χ1) is 7.34. The molecule has 0 unspecified atom stereocenters. The number of halogens is 1. The normalized spacial score (nSPS) is 10.5. The maximum Gasteiger partial charge on any atom is 0.136 e. The lowest BCUT2D eigenvalue weighted by molar-refractivity contribution is 0.602. The summed E-state index contributed by atoms with van der Waals surface area (Å²) in [5, 5.41) is 0. The van der Waals surface area contributed by atoms with Gasteiger partial charge in [0.1, 0.15) is 5.82 Å². The highest BCUT2D eigenvalue weighted by molar-refractivity contribution is 7.99. The van der Waals surface area contributed by atoms with Gasteiger partial charge in [-0.3, -0.25) is 0 Å². The van der Waals surface area contributed by atoms with Crippen molar-refractivity contribution in [2.24, 2.45) is 0 Å². The molecule has 0 aliphatic carbocycles. The number of hydrogen-bond acceptors (Lipinski definition) is 2. The van der Waals surface area contributed by atoms with E-state index in [4.69, 9.17) is 0 Å². The van der Waals surface area contributed by atoms with Crippen molar-refractivity contribution in [1.29, 1.82) is 0 Å². The molecular formula is C12H17FS2. The molecule has 0 aromatic heterocycles. The predicted molar refractivity (Wildman–Crippen MR) is 69.4 cm³/mol. The second-order valence-corrected chi connectivity index (χ2v) is 5.71. The van der Waals surface area contributed by atoms with Gasteiger partial charge >= 0.3 is 0 Å². The lowest BCUT2D eigenvalue weighted by Gasteiger charge is -2.02. The Hall–Kier alpha value is -0.150. The fourth-order valence-corrected chi connectivity index (χ4v) is 2.84. The monoisotopic (exact) mass is 244 g/mol. The number of benzene rings is 1. The van der Waals surface area contributed by atoms with Crippen molar-refractivity contribution < 1.29 is 4.39 Å². The zero-order valence-electron chi connectivity index (χ0n) is 9.04. The van der Waals surface area contributed by atoms with Crippen LogP contribution in [0.15, 0.2) is 29.2 Å². The quantitative estimate of drug-likeness (QED) is 0.513. The summed E-state index contributed by atoms with van der Waals surface area (Å²) in [6.45, 7) is 2.18. The Bertz CT molecular complexity index is 276. The molecule has 0 aliphatic rings. The van der Waals surface area contributed by atoms with E-state index in [9.17, 15) is 4.39 Å². The molecule has 0 saturated heterocycles. The van der Waals surface area contributed by atoms with E-state index in [1.165, 1.54) is 30.4 Å². The smallest absolute Gasteiger partial charge is 0.136 e. The standard InChI is InChI=1S/C12H17FS2/c1-2-14-9-5-6-10-15-12-8-4-3-7-11(12)13/h3-4,7-8H,2,5-6,9-10H2,1H3. The van der Waals surface area contributed by atoms with Crippen LogP contribution in [0.4, 0.5) is 4.39 Å². The van der Waals surface area contributed by atoms with E-state index in [1.54, 1.807) is 17.8 Å². The molecule has 1 aromatic carbocycles. The minimum atomic E-state index is -0.0922. The van der Waals surface area contributed by atoms with Crippen LogP contribution >= 0.6 is 23.5 Å². The largest absolute Gasteiger partial charge is 0.206 e. The summed E-state index contributed by atoms with van der Waals surface area (Å²) in [4.78, 5) is 0.778. The topological polar surface area (TPSA) is 0 Å². The fourth-order valence-electron chi connectivity index (χ4n) is 1.19. The maximum atomic E-state index is 13.2. The summed E-state index contributed by atoms with van der Waals surface area (Å²) in [6.07, 6.45) is 2.41. The molecule has 0 aliphatic heterocycles. The molecule has 0 nitrogen and oxygen atoms in total. The SMILES string of the molecule is CCSCCCCSc1ccccc1F. The summed E-state index contributed by atoms with van der Waals surface area (Å²) in [6, 6.07) is 6.99. The van der Waals surface area contributed by atoms with E-state index in [0.29, 0.717) is 0 Å². The molecule has 1 aromatic rings. The van der Waals surface area contributed by atoms with Gasteiger partial charge in [0, 0.05) is 4.90 Å². The van der Waals surface area contributed by atoms with E-state index in [1.807, 2.05) is 23.9 Å². The van der Waals surface area contributed by atoms with Crippen LogP contribution < -0.4 is 0 Å². The van der Waals surface area contributed by atoms with Gasteiger partial charge in [-0.1, -0.05) is 19.1 Å². The summed E-state index contributed by atoms with van der Waals surface area (Å²) in [5.41, 5.74) is 0. The van der Waals surface area contributed by atoms with Crippen LogP contribution in [0, 0.1) is 5.82 Å². The fraction of sp³-hybridized carbons (Fsp3) is 0.500. The molecule has 15 heavy (non-hydrogen) atoms. The van der Waals surface area contributed by atoms with Gasteiger partial charge in [0.15, 0.2) is 0 Å². The van der Waals surface area contributed by atoms with Gasteiger partial charge in [-0.2, -0.15) is 11.8 Å². The number of hydrogen-bond donors (Lipinski definition) is 0. The number of unbranched alkanes of at least 4 members (excludes halogenated alkanes) is 1. The van der Waals surface area contributed by atoms with Gasteiger partial charge in [-0.05, 0) is 42.2 Å². The predicted octanol–water partition coefficient (Wildman–Crippen LogP) is 4.45. The highest BCUT2D eigenvalue weighted by Crippen LogP contribution is 2.22. The molecule has 1 rings (SSSR count). The van der Waals surface area contributed by atoms with Gasteiger partial charge in [-0.25, -0.2) is 4.39 Å². The van der Waals surface area contributed by atoms with E-state index >= 15 is 0 Å². The minimum absolute atomic E-state index is 0.0922. The third-order valence-corrected chi connectivity index (χ3v) is 4.10. The molecule has 0 radical (unpaired) electrons. The van der Waals surface area contributed by atoms with E-state index in [-0.39, 0.29) is 5.82 Å². The van der Waals surface area contributed by atoms with Crippen molar-refractivity contribution in [1.82, 2.24) is 0 Å². The molecule has 0 atom stereocenters. The second-order valence-electron chi connectivity index (χ2n) is 3.18. The van der Waals surface area contributed by atoms with Crippen LogP contribution in [-0.2, 0) is 0 Å². The first kappa shape index (κ1) is 12.9. The first-order valence-electron chi connectivity index (χ1n) is 5.29. The molecule has 0 heterocycles. The third-order valence-electron chi connectivity index (χ3n) is 1.98. The van der Waals surface area contributed by atoms with Crippen LogP contribution in [0.2, 0.25) is 0 Å². The molecule has 0 spiro atoms. The van der Waals surface area contributed by atoms with Crippen LogP contribution in [0.25, 0.3) is 0 Å². The Balaban J connectivity index is 2.12. The van der Waals surface area contributed by atoms with Gasteiger partial charge in [0.25, 0.3) is 0 Å². The Morgan fingerprint density at radius 1 is 1.13 bits per heavy atom. The molecule has 84 valence electrons. The molecular weight excluding hydrogens is 227 g/mol. The van der Waals surface area contributed by atoms with Crippen molar-refractivity contribution in [3.63, 3.8) is 0 Å². The van der Waals surface area contributed by atoms with E-state index in [2.05, 4.69) is 6.92 Å². The Kier molecular flexibility index (Phi) is 6.94. The van der Waals surface area contributed by atoms with Gasteiger partial charge in [0.05, 0.1) is 0 Å². The average molecular weight is 244 g/mol.